The van der Waals surface area contributed by atoms with Gasteiger partial charge in [0.2, 0.25) is 0 Å². The van der Waals surface area contributed by atoms with E-state index in [9.17, 15) is 4.39 Å². The van der Waals surface area contributed by atoms with Crippen molar-refractivity contribution in [2.45, 2.75) is 25.3 Å². The van der Waals surface area contributed by atoms with E-state index in [-0.39, 0.29) is 11.9 Å². The van der Waals surface area contributed by atoms with Crippen molar-refractivity contribution in [2.75, 3.05) is 0 Å². The molecule has 3 atom stereocenters. The predicted octanol–water partition coefficient (Wildman–Crippen LogP) is 2.28. The van der Waals surface area contributed by atoms with Gasteiger partial charge in [0.05, 0.1) is 0 Å². The lowest BCUT2D eigenvalue weighted by atomic mass is 10.1. The minimum atomic E-state index is -0.0874. The Bertz CT molecular complexity index is 309. The lowest BCUT2D eigenvalue weighted by Gasteiger charge is -2.04. The van der Waals surface area contributed by atoms with E-state index in [0.717, 1.165) is 12.0 Å². The van der Waals surface area contributed by atoms with E-state index in [1.54, 1.807) is 6.07 Å². The van der Waals surface area contributed by atoms with E-state index in [1.807, 2.05) is 19.1 Å². The summed E-state index contributed by atoms with van der Waals surface area (Å²) in [5.74, 6) is 0.758. The summed E-state index contributed by atoms with van der Waals surface area (Å²) in [6, 6.07) is 7.18. The molecule has 1 aromatic carbocycles. The van der Waals surface area contributed by atoms with Gasteiger partial charge in [0.1, 0.15) is 5.82 Å². The highest BCUT2D eigenvalue weighted by molar-refractivity contribution is 5.28. The molecule has 13 heavy (non-hydrogen) atoms. The molecule has 1 saturated carbocycles. The van der Waals surface area contributed by atoms with E-state index < -0.39 is 0 Å². The maximum Gasteiger partial charge on any atom is 0.126 e. The summed E-state index contributed by atoms with van der Waals surface area (Å²) in [5.41, 5.74) is 6.59. The first-order valence-electron chi connectivity index (χ1n) is 4.70. The van der Waals surface area contributed by atoms with Crippen LogP contribution in [-0.2, 0) is 0 Å². The largest absolute Gasteiger partial charge is 0.328 e. The van der Waals surface area contributed by atoms with Crippen LogP contribution in [0.1, 0.15) is 24.8 Å². The molecule has 0 bridgehead atoms. The molecule has 2 N–H and O–H groups in total. The summed E-state index contributed by atoms with van der Waals surface area (Å²) < 4.78 is 13.3. The third-order valence-electron chi connectivity index (χ3n) is 2.82. The smallest absolute Gasteiger partial charge is 0.126 e. The Morgan fingerprint density at radius 3 is 2.69 bits per heavy atom. The van der Waals surface area contributed by atoms with Crippen LogP contribution in [0.5, 0.6) is 0 Å². The highest BCUT2D eigenvalue weighted by Gasteiger charge is 2.41. The quantitative estimate of drug-likeness (QED) is 0.740. The molecular weight excluding hydrogens is 165 g/mol. The van der Waals surface area contributed by atoms with Crippen molar-refractivity contribution in [1.82, 2.24) is 0 Å². The molecule has 0 unspecified atom stereocenters. The van der Waals surface area contributed by atoms with E-state index >= 15 is 0 Å². The van der Waals surface area contributed by atoms with Crippen LogP contribution in [0.2, 0.25) is 0 Å². The normalized spacial score (nSPS) is 28.5. The van der Waals surface area contributed by atoms with Gasteiger partial charge in [-0.2, -0.15) is 0 Å². The molecular formula is C11H14FN. The van der Waals surface area contributed by atoms with Crippen LogP contribution in [0.4, 0.5) is 4.39 Å². The van der Waals surface area contributed by atoms with Crippen molar-refractivity contribution in [1.29, 1.82) is 0 Å². The van der Waals surface area contributed by atoms with Gasteiger partial charge in [-0.1, -0.05) is 18.2 Å². The molecule has 0 spiro atoms. The second kappa shape index (κ2) is 3.11. The second-order valence-corrected chi connectivity index (χ2v) is 3.89. The second-order valence-electron chi connectivity index (χ2n) is 3.89. The van der Waals surface area contributed by atoms with Gasteiger partial charge in [0, 0.05) is 6.04 Å². The van der Waals surface area contributed by atoms with Crippen LogP contribution in [0.3, 0.4) is 0 Å². The van der Waals surface area contributed by atoms with E-state index in [1.165, 1.54) is 6.07 Å². The minimum absolute atomic E-state index is 0.0874. The van der Waals surface area contributed by atoms with Crippen molar-refractivity contribution in [3.05, 3.63) is 35.6 Å². The molecule has 1 aliphatic carbocycles. The summed E-state index contributed by atoms with van der Waals surface area (Å²) in [6.45, 7) is 1.99. The molecule has 0 aromatic heterocycles. The molecule has 1 nitrogen and oxygen atoms in total. The predicted molar refractivity (Wildman–Crippen MR) is 50.9 cm³/mol. The van der Waals surface area contributed by atoms with Gasteiger partial charge in [-0.25, -0.2) is 4.39 Å². The summed E-state index contributed by atoms with van der Waals surface area (Å²) in [4.78, 5) is 0. The fourth-order valence-corrected chi connectivity index (χ4v) is 1.93. The molecule has 0 saturated heterocycles. The van der Waals surface area contributed by atoms with Crippen molar-refractivity contribution in [3.8, 4) is 0 Å². The first-order chi connectivity index (χ1) is 6.20. The summed E-state index contributed by atoms with van der Waals surface area (Å²) in [5, 5.41) is 0. The lowest BCUT2D eigenvalue weighted by molar-refractivity contribution is 0.589. The third-order valence-corrected chi connectivity index (χ3v) is 2.82. The van der Waals surface area contributed by atoms with E-state index in [2.05, 4.69) is 0 Å². The van der Waals surface area contributed by atoms with Gasteiger partial charge in [0.15, 0.2) is 0 Å². The number of halogens is 1. The monoisotopic (exact) mass is 179 g/mol. The maximum absolute atomic E-state index is 13.3. The Morgan fingerprint density at radius 1 is 1.46 bits per heavy atom. The van der Waals surface area contributed by atoms with Gasteiger partial charge in [-0.05, 0) is 36.8 Å². The highest BCUT2D eigenvalue weighted by atomic mass is 19.1. The van der Waals surface area contributed by atoms with Gasteiger partial charge in [-0.15, -0.1) is 0 Å². The Kier molecular flexibility index (Phi) is 2.08. The van der Waals surface area contributed by atoms with Crippen LogP contribution in [0, 0.1) is 11.7 Å². The Balaban J connectivity index is 2.16. The zero-order valence-corrected chi connectivity index (χ0v) is 7.70. The third kappa shape index (κ3) is 1.59. The molecule has 2 heteroatoms. The van der Waals surface area contributed by atoms with Gasteiger partial charge in [-0.3, -0.25) is 0 Å². The minimum Gasteiger partial charge on any atom is -0.328 e. The van der Waals surface area contributed by atoms with Crippen LogP contribution < -0.4 is 5.73 Å². The van der Waals surface area contributed by atoms with Gasteiger partial charge in [0.25, 0.3) is 0 Å². The van der Waals surface area contributed by atoms with Crippen molar-refractivity contribution >= 4 is 0 Å². The van der Waals surface area contributed by atoms with Gasteiger partial charge < -0.3 is 5.73 Å². The Hall–Kier alpha value is -0.890. The molecule has 1 fully saturated rings. The number of benzene rings is 1. The summed E-state index contributed by atoms with van der Waals surface area (Å²) in [6.07, 6.45) is 1.04. The number of hydrogen-bond donors (Lipinski definition) is 1. The number of rotatable bonds is 2. The molecule has 2 rings (SSSR count). The van der Waals surface area contributed by atoms with Crippen LogP contribution >= 0.6 is 0 Å². The highest BCUT2D eigenvalue weighted by Crippen LogP contribution is 2.49. The molecule has 1 aliphatic rings. The van der Waals surface area contributed by atoms with Crippen molar-refractivity contribution in [2.24, 2.45) is 11.7 Å². The van der Waals surface area contributed by atoms with Crippen LogP contribution in [0.15, 0.2) is 24.3 Å². The van der Waals surface area contributed by atoms with Gasteiger partial charge >= 0.3 is 0 Å². The number of nitrogens with two attached hydrogens (primary N) is 1. The Morgan fingerprint density at radius 2 is 2.15 bits per heavy atom. The van der Waals surface area contributed by atoms with Crippen molar-refractivity contribution in [3.63, 3.8) is 0 Å². The lowest BCUT2D eigenvalue weighted by Crippen LogP contribution is -2.18. The SMILES string of the molecule is C[C@H](N)[C@H]1C[C@H]1c1ccccc1F. The molecule has 0 amide bonds. The first kappa shape index (κ1) is 8.70. The summed E-state index contributed by atoms with van der Waals surface area (Å²) in [7, 11) is 0. The van der Waals surface area contributed by atoms with Crippen molar-refractivity contribution < 1.29 is 4.39 Å². The standard InChI is InChI=1S/C11H14FN/c1-7(13)9-6-10(9)8-4-2-3-5-11(8)12/h2-5,7,9-10H,6,13H2,1H3/t7-,9+,10-/m0/s1. The molecule has 0 heterocycles. The average Bonchev–Trinajstić information content (AvgIpc) is 2.84. The molecule has 0 aliphatic heterocycles. The van der Waals surface area contributed by atoms with E-state index in [4.69, 9.17) is 5.73 Å². The van der Waals surface area contributed by atoms with E-state index in [0.29, 0.717) is 11.8 Å². The first-order valence-corrected chi connectivity index (χ1v) is 4.70. The molecule has 1 aromatic rings. The zero-order chi connectivity index (χ0) is 9.42. The molecule has 0 radical (unpaired) electrons. The topological polar surface area (TPSA) is 26.0 Å². The number of hydrogen-bond acceptors (Lipinski definition) is 1. The maximum atomic E-state index is 13.3. The Labute approximate surface area is 77.8 Å². The van der Waals surface area contributed by atoms with Crippen LogP contribution in [-0.4, -0.2) is 6.04 Å². The van der Waals surface area contributed by atoms with Crippen LogP contribution in [0.25, 0.3) is 0 Å². The average molecular weight is 179 g/mol. The fourth-order valence-electron chi connectivity index (χ4n) is 1.93. The fraction of sp³-hybridized carbons (Fsp3) is 0.455. The summed E-state index contributed by atoms with van der Waals surface area (Å²) >= 11 is 0. The molecule has 70 valence electrons. The zero-order valence-electron chi connectivity index (χ0n) is 7.70.